The summed E-state index contributed by atoms with van der Waals surface area (Å²) in [6.45, 7) is 7.14. The molecule has 9 heteroatoms. The van der Waals surface area contributed by atoms with Crippen molar-refractivity contribution >= 4 is 29.3 Å². The van der Waals surface area contributed by atoms with Gasteiger partial charge in [0.25, 0.3) is 5.91 Å². The first-order valence-electron chi connectivity index (χ1n) is 11.4. The van der Waals surface area contributed by atoms with Crippen molar-refractivity contribution in [3.05, 3.63) is 64.9 Å². The molecule has 0 radical (unpaired) electrons. The van der Waals surface area contributed by atoms with Crippen molar-refractivity contribution in [1.82, 2.24) is 14.8 Å². The molecule has 1 atom stereocenters. The van der Waals surface area contributed by atoms with Crippen LogP contribution < -0.4 is 20.1 Å². The van der Waals surface area contributed by atoms with Crippen LogP contribution in [0, 0.1) is 6.92 Å². The van der Waals surface area contributed by atoms with E-state index in [1.165, 1.54) is 0 Å². The summed E-state index contributed by atoms with van der Waals surface area (Å²) in [6.07, 6.45) is 0.825. The number of benzene rings is 2. The molecule has 8 nitrogen and oxygen atoms in total. The lowest BCUT2D eigenvalue weighted by Gasteiger charge is -2.29. The van der Waals surface area contributed by atoms with Gasteiger partial charge in [-0.25, -0.2) is 4.68 Å². The minimum absolute atomic E-state index is 0.192. The van der Waals surface area contributed by atoms with Crippen molar-refractivity contribution in [3.63, 3.8) is 0 Å². The lowest BCUT2D eigenvalue weighted by Crippen LogP contribution is -2.31. The molecule has 3 heterocycles. The van der Waals surface area contributed by atoms with E-state index in [4.69, 9.17) is 14.6 Å². The number of amides is 1. The number of aromatic nitrogens is 3. The summed E-state index contributed by atoms with van der Waals surface area (Å²) in [5.41, 5.74) is 3.95. The Morgan fingerprint density at radius 3 is 2.76 bits per heavy atom. The van der Waals surface area contributed by atoms with Gasteiger partial charge in [-0.05, 0) is 48.9 Å². The van der Waals surface area contributed by atoms with Crippen LogP contribution in [0.3, 0.4) is 0 Å². The summed E-state index contributed by atoms with van der Waals surface area (Å²) in [5, 5.41) is 11.8. The van der Waals surface area contributed by atoms with Crippen LogP contribution in [0.15, 0.2) is 58.9 Å². The van der Waals surface area contributed by atoms with E-state index in [0.717, 1.165) is 34.7 Å². The fourth-order valence-corrected chi connectivity index (χ4v) is 4.73. The fourth-order valence-electron chi connectivity index (χ4n) is 4.18. The average molecular weight is 478 g/mol. The highest BCUT2D eigenvalue weighted by Crippen LogP contribution is 2.40. The van der Waals surface area contributed by atoms with Gasteiger partial charge in [0, 0.05) is 17.8 Å². The molecular formula is C25H27N5O3S. The maximum atomic E-state index is 13.7. The molecule has 176 valence electrons. The van der Waals surface area contributed by atoms with Crippen molar-refractivity contribution < 1.29 is 14.3 Å². The van der Waals surface area contributed by atoms with E-state index in [1.807, 2.05) is 56.3 Å². The van der Waals surface area contributed by atoms with Crippen molar-refractivity contribution in [2.45, 2.75) is 38.4 Å². The van der Waals surface area contributed by atoms with Gasteiger partial charge >= 0.3 is 0 Å². The molecule has 0 bridgehead atoms. The fraction of sp³-hybridized carbons (Fsp3) is 0.320. The van der Waals surface area contributed by atoms with Crippen molar-refractivity contribution in [3.8, 4) is 11.5 Å². The number of rotatable bonds is 5. The van der Waals surface area contributed by atoms with E-state index in [9.17, 15) is 4.79 Å². The number of nitrogens with zero attached hydrogens (tertiary/aromatic N) is 3. The lowest BCUT2D eigenvalue weighted by molar-refractivity contribution is -0.113. The highest BCUT2D eigenvalue weighted by Gasteiger charge is 2.35. The Morgan fingerprint density at radius 1 is 1.18 bits per heavy atom. The monoisotopic (exact) mass is 477 g/mol. The standard InChI is InChI=1S/C25H27N5O3S/c1-4-34-25-28-24-26-16(3)21(23(31)27-18-9-6-5-8-15(18)2)22(30(24)29-25)17-10-11-19-20(14-17)33-13-7-12-32-19/h5-6,8-11,14,22H,4,7,12-13H2,1-3H3,(H,27,31)(H,26,28,29). The SMILES string of the molecule is CCSc1nc2n(n1)C(c1ccc3c(c1)OCCCO3)C(C(=O)Nc1ccccc1C)=C(C)N2. The molecule has 2 aliphatic heterocycles. The van der Waals surface area contributed by atoms with E-state index >= 15 is 0 Å². The molecule has 0 aliphatic carbocycles. The number of allylic oxidation sites excluding steroid dienone is 1. The number of thioether (sulfide) groups is 1. The molecule has 5 rings (SSSR count). The molecule has 0 fully saturated rings. The Balaban J connectivity index is 1.59. The maximum Gasteiger partial charge on any atom is 0.255 e. The Bertz CT molecular complexity index is 1270. The van der Waals surface area contributed by atoms with Gasteiger partial charge < -0.3 is 20.1 Å². The Hall–Kier alpha value is -3.46. The maximum absolute atomic E-state index is 13.7. The lowest BCUT2D eigenvalue weighted by atomic mass is 9.94. The van der Waals surface area contributed by atoms with Crippen LogP contribution in [-0.2, 0) is 4.79 Å². The van der Waals surface area contributed by atoms with E-state index in [-0.39, 0.29) is 5.91 Å². The van der Waals surface area contributed by atoms with Crippen LogP contribution in [0.25, 0.3) is 0 Å². The van der Waals surface area contributed by atoms with Crippen molar-refractivity contribution in [2.75, 3.05) is 29.6 Å². The van der Waals surface area contributed by atoms with E-state index in [2.05, 4.69) is 22.5 Å². The first-order valence-corrected chi connectivity index (χ1v) is 12.4. The summed E-state index contributed by atoms with van der Waals surface area (Å²) < 4.78 is 13.5. The molecule has 0 saturated heterocycles. The minimum atomic E-state index is -0.476. The smallest absolute Gasteiger partial charge is 0.255 e. The number of carbonyl (C=O) groups excluding carboxylic acids is 1. The van der Waals surface area contributed by atoms with Crippen LogP contribution in [0.2, 0.25) is 0 Å². The first kappa shape index (κ1) is 22.3. The third-order valence-corrected chi connectivity index (χ3v) is 6.55. The number of nitrogens with one attached hydrogen (secondary N) is 2. The molecule has 34 heavy (non-hydrogen) atoms. The molecule has 0 saturated carbocycles. The number of para-hydroxylation sites is 1. The molecule has 3 aromatic rings. The highest BCUT2D eigenvalue weighted by atomic mass is 32.2. The number of hydrogen-bond acceptors (Lipinski definition) is 7. The summed E-state index contributed by atoms with van der Waals surface area (Å²) in [7, 11) is 0. The Kier molecular flexibility index (Phi) is 6.19. The first-order chi connectivity index (χ1) is 16.5. The molecule has 2 aromatic carbocycles. The molecule has 1 aromatic heterocycles. The van der Waals surface area contributed by atoms with Crippen LogP contribution >= 0.6 is 11.8 Å². The van der Waals surface area contributed by atoms with Gasteiger partial charge in [0.1, 0.15) is 6.04 Å². The predicted molar refractivity (Wildman–Crippen MR) is 133 cm³/mol. The zero-order valence-electron chi connectivity index (χ0n) is 19.4. The minimum Gasteiger partial charge on any atom is -0.490 e. The molecular weight excluding hydrogens is 450 g/mol. The van der Waals surface area contributed by atoms with Gasteiger partial charge in [-0.2, -0.15) is 4.98 Å². The van der Waals surface area contributed by atoms with Crippen LogP contribution in [0.5, 0.6) is 11.5 Å². The second-order valence-corrected chi connectivity index (χ2v) is 9.42. The summed E-state index contributed by atoms with van der Waals surface area (Å²) in [5.74, 6) is 2.66. The summed E-state index contributed by atoms with van der Waals surface area (Å²) in [6, 6.07) is 13.1. The molecule has 2 aliphatic rings. The largest absolute Gasteiger partial charge is 0.490 e. The molecule has 2 N–H and O–H groups in total. The number of anilines is 2. The third kappa shape index (κ3) is 4.23. The Morgan fingerprint density at radius 2 is 1.97 bits per heavy atom. The average Bonchev–Trinajstić information content (AvgIpc) is 3.06. The van der Waals surface area contributed by atoms with Crippen molar-refractivity contribution in [2.24, 2.45) is 0 Å². The van der Waals surface area contributed by atoms with E-state index in [0.29, 0.717) is 41.4 Å². The van der Waals surface area contributed by atoms with Crippen molar-refractivity contribution in [1.29, 1.82) is 0 Å². The third-order valence-electron chi connectivity index (χ3n) is 5.83. The molecule has 1 amide bonds. The molecule has 1 unspecified atom stereocenters. The van der Waals surface area contributed by atoms with Gasteiger partial charge in [-0.3, -0.25) is 4.79 Å². The molecule has 0 spiro atoms. The number of ether oxygens (including phenoxy) is 2. The van der Waals surface area contributed by atoms with E-state index in [1.54, 1.807) is 16.4 Å². The van der Waals surface area contributed by atoms with Gasteiger partial charge in [0.15, 0.2) is 11.5 Å². The van der Waals surface area contributed by atoms with Crippen LogP contribution in [0.1, 0.15) is 37.4 Å². The van der Waals surface area contributed by atoms with Crippen LogP contribution in [-0.4, -0.2) is 39.6 Å². The predicted octanol–water partition coefficient (Wildman–Crippen LogP) is 4.79. The number of hydrogen-bond donors (Lipinski definition) is 2. The summed E-state index contributed by atoms with van der Waals surface area (Å²) in [4.78, 5) is 18.3. The Labute approximate surface area is 202 Å². The number of carbonyl (C=O) groups is 1. The zero-order chi connectivity index (χ0) is 23.7. The second-order valence-electron chi connectivity index (χ2n) is 8.19. The van der Waals surface area contributed by atoms with Gasteiger partial charge in [-0.1, -0.05) is 43.0 Å². The van der Waals surface area contributed by atoms with E-state index < -0.39 is 6.04 Å². The van der Waals surface area contributed by atoms with Gasteiger partial charge in [0.2, 0.25) is 11.1 Å². The number of fused-ring (bicyclic) bond motifs is 2. The topological polar surface area (TPSA) is 90.3 Å². The summed E-state index contributed by atoms with van der Waals surface area (Å²) >= 11 is 1.56. The van der Waals surface area contributed by atoms with Gasteiger partial charge in [0.05, 0.1) is 18.8 Å². The highest BCUT2D eigenvalue weighted by molar-refractivity contribution is 7.99. The van der Waals surface area contributed by atoms with Gasteiger partial charge in [-0.15, -0.1) is 5.10 Å². The quantitative estimate of drug-likeness (QED) is 0.511. The second kappa shape index (κ2) is 9.42. The zero-order valence-corrected chi connectivity index (χ0v) is 20.2. The normalized spacial score (nSPS) is 17.0. The number of aryl methyl sites for hydroxylation is 1. The van der Waals surface area contributed by atoms with Crippen LogP contribution in [0.4, 0.5) is 11.6 Å².